The molecule has 3 N–H and O–H groups in total. The Morgan fingerprint density at radius 2 is 1.70 bits per heavy atom. The van der Waals surface area contributed by atoms with Gasteiger partial charge in [0.1, 0.15) is 11.6 Å². The first-order valence-electron chi connectivity index (χ1n) is 11.3. The van der Waals surface area contributed by atoms with Gasteiger partial charge in [0.2, 0.25) is 0 Å². The number of urea groups is 1. The lowest BCUT2D eigenvalue weighted by atomic mass is 9.72. The Morgan fingerprint density at radius 3 is 2.30 bits per heavy atom. The van der Waals surface area contributed by atoms with Crippen molar-refractivity contribution in [3.8, 4) is 0 Å². The monoisotopic (exact) mass is 532 g/mol. The third-order valence-electron chi connectivity index (χ3n) is 6.67. The molecule has 0 aliphatic carbocycles. The number of nitrogens with one attached hydrogen (secondary N) is 1. The predicted molar refractivity (Wildman–Crippen MR) is 119 cm³/mol. The number of amides is 2. The molecule has 2 aromatic heterocycles. The summed E-state index contributed by atoms with van der Waals surface area (Å²) in [7, 11) is 0. The number of hydrogen-bond donors (Lipinski definition) is 2. The van der Waals surface area contributed by atoms with Gasteiger partial charge in [0.05, 0.1) is 0 Å². The second-order valence-electron chi connectivity index (χ2n) is 9.14. The van der Waals surface area contributed by atoms with Gasteiger partial charge in [-0.25, -0.2) is 14.2 Å². The summed E-state index contributed by atoms with van der Waals surface area (Å²) in [5, 5.41) is 6.21. The number of carbonyl (C=O) groups is 1. The molecule has 1 saturated heterocycles. The maximum Gasteiger partial charge on any atom is 0.435 e. The van der Waals surface area contributed by atoms with Crippen LogP contribution in [0.1, 0.15) is 43.1 Å². The highest BCUT2D eigenvalue weighted by Gasteiger charge is 2.43. The summed E-state index contributed by atoms with van der Waals surface area (Å²) in [5.41, 5.74) is 1.66. The second kappa shape index (κ2) is 9.38. The molecule has 1 aliphatic rings. The number of fused-ring (bicyclic) bond motifs is 1. The average molecular weight is 532 g/mol. The molecule has 7 nitrogen and oxygen atoms in total. The van der Waals surface area contributed by atoms with E-state index in [0.717, 1.165) is 6.42 Å². The largest absolute Gasteiger partial charge is 0.435 e. The fourth-order valence-electron chi connectivity index (χ4n) is 4.76. The first-order chi connectivity index (χ1) is 17.2. The van der Waals surface area contributed by atoms with Crippen LogP contribution in [0, 0.1) is 5.82 Å². The lowest BCUT2D eigenvalue weighted by Crippen LogP contribution is -2.57. The number of carbonyl (C=O) groups excluding carboxylic acids is 1. The number of halogens is 7. The summed E-state index contributed by atoms with van der Waals surface area (Å²) in [4.78, 5) is 17.0. The first-order valence-corrected chi connectivity index (χ1v) is 11.3. The number of primary amides is 1. The summed E-state index contributed by atoms with van der Waals surface area (Å²) in [6.07, 6.45) is -7.92. The van der Waals surface area contributed by atoms with Crippen LogP contribution < -0.4 is 11.1 Å². The van der Waals surface area contributed by atoms with Crippen molar-refractivity contribution in [2.24, 2.45) is 5.73 Å². The van der Waals surface area contributed by atoms with Crippen LogP contribution in [0.5, 0.6) is 0 Å². The fraction of sp³-hybridized carbons (Fsp3) is 0.435. The van der Waals surface area contributed by atoms with Crippen LogP contribution >= 0.6 is 0 Å². The van der Waals surface area contributed by atoms with Crippen LogP contribution in [0.3, 0.4) is 0 Å². The molecule has 37 heavy (non-hydrogen) atoms. The van der Waals surface area contributed by atoms with E-state index < -0.39 is 52.7 Å². The van der Waals surface area contributed by atoms with E-state index >= 15 is 0 Å². The Labute approximate surface area is 206 Å². The molecule has 1 aliphatic heterocycles. The molecule has 0 spiro atoms. The van der Waals surface area contributed by atoms with Crippen molar-refractivity contribution in [3.63, 3.8) is 0 Å². The van der Waals surface area contributed by atoms with Gasteiger partial charge in [-0.3, -0.25) is 0 Å². The average Bonchev–Trinajstić information content (AvgIpc) is 3.27. The lowest BCUT2D eigenvalue weighted by Gasteiger charge is -2.46. The summed E-state index contributed by atoms with van der Waals surface area (Å²) in [6, 6.07) is 5.17. The Balaban J connectivity index is 1.80. The van der Waals surface area contributed by atoms with Crippen LogP contribution in [0.4, 0.5) is 41.3 Å². The maximum absolute atomic E-state index is 13.7. The molecule has 3 heterocycles. The number of rotatable bonds is 5. The van der Waals surface area contributed by atoms with E-state index in [1.807, 2.05) is 0 Å². The van der Waals surface area contributed by atoms with Crippen LogP contribution in [0.15, 0.2) is 36.4 Å². The van der Waals surface area contributed by atoms with Gasteiger partial charge in [-0.2, -0.15) is 36.0 Å². The second-order valence-corrected chi connectivity index (χ2v) is 9.14. The van der Waals surface area contributed by atoms with Crippen molar-refractivity contribution < 1.29 is 35.5 Å². The molecular formula is C23H23F7N6O. The van der Waals surface area contributed by atoms with Crippen LogP contribution in [0.2, 0.25) is 0 Å². The van der Waals surface area contributed by atoms with Crippen molar-refractivity contribution in [1.82, 2.24) is 19.5 Å². The fourth-order valence-corrected chi connectivity index (χ4v) is 4.76. The Morgan fingerprint density at radius 1 is 1.05 bits per heavy atom. The zero-order chi connectivity index (χ0) is 27.2. The van der Waals surface area contributed by atoms with Crippen molar-refractivity contribution in [3.05, 3.63) is 59.2 Å². The van der Waals surface area contributed by atoms with E-state index in [1.165, 1.54) is 29.2 Å². The van der Waals surface area contributed by atoms with Gasteiger partial charge in [-0.05, 0) is 37.0 Å². The molecule has 2 atom stereocenters. The third kappa shape index (κ3) is 5.27. The molecule has 2 amide bonds. The van der Waals surface area contributed by atoms with E-state index in [-0.39, 0.29) is 12.4 Å². The normalized spacial score (nSPS) is 18.6. The quantitative estimate of drug-likeness (QED) is 0.442. The number of hydrogen-bond acceptors (Lipinski definition) is 4. The minimum absolute atomic E-state index is 0.148. The van der Waals surface area contributed by atoms with Crippen molar-refractivity contribution in [2.45, 2.75) is 50.0 Å². The Kier molecular flexibility index (Phi) is 6.71. The number of alkyl halides is 6. The van der Waals surface area contributed by atoms with E-state index in [4.69, 9.17) is 5.73 Å². The van der Waals surface area contributed by atoms with Crippen LogP contribution in [-0.4, -0.2) is 44.7 Å². The van der Waals surface area contributed by atoms with Crippen LogP contribution in [-0.2, 0) is 17.8 Å². The Bertz CT molecular complexity index is 1290. The van der Waals surface area contributed by atoms with E-state index in [2.05, 4.69) is 15.4 Å². The van der Waals surface area contributed by atoms with Crippen molar-refractivity contribution >= 4 is 17.5 Å². The molecule has 1 aromatic carbocycles. The number of anilines is 1. The zero-order valence-corrected chi connectivity index (χ0v) is 19.5. The molecule has 0 radical (unpaired) electrons. The number of nitrogens with two attached hydrogens (primary N) is 1. The van der Waals surface area contributed by atoms with Gasteiger partial charge in [-0.1, -0.05) is 19.1 Å². The van der Waals surface area contributed by atoms with Crippen molar-refractivity contribution in [1.29, 1.82) is 0 Å². The first kappa shape index (κ1) is 26.5. The number of piperidine rings is 1. The zero-order valence-electron chi connectivity index (χ0n) is 19.5. The molecule has 1 fully saturated rings. The molecule has 3 aromatic rings. The summed E-state index contributed by atoms with van der Waals surface area (Å²) in [6.45, 7) is 1.93. The molecule has 200 valence electrons. The highest BCUT2D eigenvalue weighted by Crippen LogP contribution is 2.38. The van der Waals surface area contributed by atoms with Gasteiger partial charge in [-0.15, -0.1) is 0 Å². The molecule has 0 saturated carbocycles. The molecular weight excluding hydrogens is 509 g/mol. The number of aromatic nitrogens is 3. The molecule has 0 bridgehead atoms. The third-order valence-corrected chi connectivity index (χ3v) is 6.67. The molecule has 2 unspecified atom stereocenters. The van der Waals surface area contributed by atoms with Crippen molar-refractivity contribution in [2.75, 3.05) is 18.4 Å². The minimum atomic E-state index is -4.94. The van der Waals surface area contributed by atoms with Gasteiger partial charge in [0.15, 0.2) is 17.0 Å². The van der Waals surface area contributed by atoms with Gasteiger partial charge in [0, 0.05) is 36.7 Å². The minimum Gasteiger partial charge on any atom is -0.369 e. The summed E-state index contributed by atoms with van der Waals surface area (Å²) >= 11 is 0. The summed E-state index contributed by atoms with van der Waals surface area (Å²) < 4.78 is 94.6. The standard InChI is InChI=1S/C23H23F7N6O/c1-21(13-5-7-14(24)8-6-13,17-4-2-3-9-35(17)20(31)37)12-32-18-10-15(22(25,26)27)33-19-11-16(23(28,29)30)34-36(18)19/h5-8,10-11,17,32H,2-4,9,12H2,1H3,(H2,31,37). The number of likely N-dealkylation sites (tertiary alicyclic amines) is 1. The molecule has 4 rings (SSSR count). The number of benzene rings is 1. The SMILES string of the molecule is CC(CNc1cc(C(F)(F)F)nc2cc(C(F)(F)F)nn12)(c1ccc(F)cc1)C1CCCCN1C(N)=O. The van der Waals surface area contributed by atoms with E-state index in [0.29, 0.717) is 41.6 Å². The van der Waals surface area contributed by atoms with Gasteiger partial charge < -0.3 is 16.0 Å². The smallest absolute Gasteiger partial charge is 0.369 e. The number of nitrogens with zero attached hydrogens (tertiary/aromatic N) is 4. The highest BCUT2D eigenvalue weighted by molar-refractivity contribution is 5.73. The highest BCUT2D eigenvalue weighted by atomic mass is 19.4. The van der Waals surface area contributed by atoms with Crippen LogP contribution in [0.25, 0.3) is 5.65 Å². The lowest BCUT2D eigenvalue weighted by molar-refractivity contribution is -0.142. The van der Waals surface area contributed by atoms with Gasteiger partial charge >= 0.3 is 18.4 Å². The summed E-state index contributed by atoms with van der Waals surface area (Å²) in [5.74, 6) is -0.904. The Hall–Kier alpha value is -3.58. The van der Waals surface area contributed by atoms with Gasteiger partial charge in [0.25, 0.3) is 0 Å². The van der Waals surface area contributed by atoms with E-state index in [1.54, 1.807) is 6.92 Å². The predicted octanol–water partition coefficient (Wildman–Crippen LogP) is 5.21. The topological polar surface area (TPSA) is 88.6 Å². The molecule has 14 heteroatoms. The van der Waals surface area contributed by atoms with E-state index in [9.17, 15) is 35.5 Å². The maximum atomic E-state index is 13.7.